The number of nitrogens with zero attached hydrogens (tertiary/aromatic N) is 1. The second-order valence-corrected chi connectivity index (χ2v) is 3.90. The summed E-state index contributed by atoms with van der Waals surface area (Å²) in [4.78, 5) is 2.30. The minimum absolute atomic E-state index is 0.281. The van der Waals surface area contributed by atoms with Gasteiger partial charge >= 0.3 is 0 Å². The van der Waals surface area contributed by atoms with E-state index >= 15 is 0 Å². The van der Waals surface area contributed by atoms with Gasteiger partial charge in [0.15, 0.2) is 0 Å². The monoisotopic (exact) mass is 187 g/mol. The van der Waals surface area contributed by atoms with Crippen LogP contribution in [-0.4, -0.2) is 35.7 Å². The summed E-state index contributed by atoms with van der Waals surface area (Å²) in [6.45, 7) is 6.87. The van der Waals surface area contributed by atoms with Crippen LogP contribution in [0.4, 0.5) is 0 Å². The lowest BCUT2D eigenvalue weighted by molar-refractivity contribution is 0.107. The fourth-order valence-electron chi connectivity index (χ4n) is 1.61. The Morgan fingerprint density at radius 3 is 2.31 bits per heavy atom. The van der Waals surface area contributed by atoms with E-state index in [1.165, 1.54) is 19.3 Å². The Labute approximate surface area is 82.9 Å². The molecule has 0 heterocycles. The van der Waals surface area contributed by atoms with Gasteiger partial charge in [-0.25, -0.2) is 0 Å². The first kappa shape index (κ1) is 12.9. The summed E-state index contributed by atoms with van der Waals surface area (Å²) in [5.74, 6) is 0. The van der Waals surface area contributed by atoms with Crippen LogP contribution in [0, 0.1) is 0 Å². The molecular weight excluding hydrogens is 162 g/mol. The lowest BCUT2D eigenvalue weighted by Crippen LogP contribution is -2.40. The van der Waals surface area contributed by atoms with Crippen molar-refractivity contribution in [1.29, 1.82) is 0 Å². The quantitative estimate of drug-likeness (QED) is 0.661. The molecule has 80 valence electrons. The van der Waals surface area contributed by atoms with Gasteiger partial charge in [-0.2, -0.15) is 0 Å². The number of aliphatic hydroxyl groups excluding tert-OH is 1. The molecule has 0 saturated carbocycles. The number of hydrogen-bond donors (Lipinski definition) is 1. The Balaban J connectivity index is 3.83. The van der Waals surface area contributed by atoms with Gasteiger partial charge in [0.1, 0.15) is 0 Å². The maximum atomic E-state index is 9.13. The van der Waals surface area contributed by atoms with Gasteiger partial charge in [-0.1, -0.05) is 26.7 Å². The smallest absolute Gasteiger partial charge is 0.0586 e. The molecule has 0 fully saturated rings. The van der Waals surface area contributed by atoms with Crippen LogP contribution < -0.4 is 0 Å². The first-order valence-electron chi connectivity index (χ1n) is 5.50. The Bertz CT molecular complexity index is 113. The second-order valence-electron chi connectivity index (χ2n) is 3.90. The summed E-state index contributed by atoms with van der Waals surface area (Å²) >= 11 is 0. The van der Waals surface area contributed by atoms with Crippen molar-refractivity contribution in [3.05, 3.63) is 0 Å². The highest BCUT2D eigenvalue weighted by molar-refractivity contribution is 4.71. The number of likely N-dealkylation sites (N-methyl/N-ethyl adjacent to an activating group) is 1. The van der Waals surface area contributed by atoms with Gasteiger partial charge in [-0.15, -0.1) is 0 Å². The van der Waals surface area contributed by atoms with Gasteiger partial charge in [0, 0.05) is 12.1 Å². The highest BCUT2D eigenvalue weighted by Crippen LogP contribution is 2.11. The summed E-state index contributed by atoms with van der Waals surface area (Å²) < 4.78 is 0. The Morgan fingerprint density at radius 1 is 1.31 bits per heavy atom. The molecular formula is C11H25NO. The lowest BCUT2D eigenvalue weighted by Gasteiger charge is -2.31. The van der Waals surface area contributed by atoms with Crippen LogP contribution in [0.2, 0.25) is 0 Å². The molecule has 0 bridgehead atoms. The Morgan fingerprint density at radius 2 is 1.92 bits per heavy atom. The van der Waals surface area contributed by atoms with E-state index in [0.29, 0.717) is 12.1 Å². The van der Waals surface area contributed by atoms with Crippen molar-refractivity contribution in [3.8, 4) is 0 Å². The van der Waals surface area contributed by atoms with E-state index in [1.54, 1.807) is 0 Å². The number of aliphatic hydroxyl groups is 1. The van der Waals surface area contributed by atoms with Gasteiger partial charge in [0.25, 0.3) is 0 Å². The molecule has 0 saturated heterocycles. The lowest BCUT2D eigenvalue weighted by atomic mass is 10.1. The van der Waals surface area contributed by atoms with Gasteiger partial charge < -0.3 is 5.11 Å². The predicted molar refractivity (Wildman–Crippen MR) is 57.9 cm³/mol. The third-order valence-electron chi connectivity index (χ3n) is 2.93. The molecule has 2 atom stereocenters. The molecule has 2 nitrogen and oxygen atoms in total. The van der Waals surface area contributed by atoms with E-state index in [4.69, 9.17) is 5.11 Å². The van der Waals surface area contributed by atoms with E-state index in [1.807, 2.05) is 0 Å². The van der Waals surface area contributed by atoms with Crippen molar-refractivity contribution in [2.45, 2.75) is 58.5 Å². The molecule has 0 aliphatic carbocycles. The molecule has 1 N–H and O–H groups in total. The first-order chi connectivity index (χ1) is 6.17. The van der Waals surface area contributed by atoms with Crippen LogP contribution >= 0.6 is 0 Å². The van der Waals surface area contributed by atoms with Crippen molar-refractivity contribution >= 4 is 0 Å². The van der Waals surface area contributed by atoms with Crippen LogP contribution in [0.3, 0.4) is 0 Å². The van der Waals surface area contributed by atoms with Crippen molar-refractivity contribution < 1.29 is 5.11 Å². The summed E-state index contributed by atoms with van der Waals surface area (Å²) in [5.41, 5.74) is 0. The minimum Gasteiger partial charge on any atom is -0.395 e. The molecule has 0 aromatic rings. The SMILES string of the molecule is CCCCC(C)N(C)C(CC)CO. The van der Waals surface area contributed by atoms with E-state index in [2.05, 4.69) is 32.7 Å². The third-order valence-corrected chi connectivity index (χ3v) is 2.93. The number of hydrogen-bond acceptors (Lipinski definition) is 2. The molecule has 0 aliphatic rings. The van der Waals surface area contributed by atoms with Crippen molar-refractivity contribution in [2.75, 3.05) is 13.7 Å². The first-order valence-corrected chi connectivity index (χ1v) is 5.50. The van der Waals surface area contributed by atoms with Crippen LogP contribution in [0.15, 0.2) is 0 Å². The van der Waals surface area contributed by atoms with Crippen molar-refractivity contribution in [2.24, 2.45) is 0 Å². The molecule has 0 aromatic heterocycles. The third kappa shape index (κ3) is 4.63. The molecule has 0 amide bonds. The summed E-state index contributed by atoms with van der Waals surface area (Å²) in [6, 6.07) is 0.934. The maximum Gasteiger partial charge on any atom is 0.0586 e. The van der Waals surface area contributed by atoms with Gasteiger partial charge in [-0.3, -0.25) is 4.90 Å². The van der Waals surface area contributed by atoms with Gasteiger partial charge in [-0.05, 0) is 26.8 Å². The second kappa shape index (κ2) is 7.34. The molecule has 0 radical (unpaired) electrons. The Hall–Kier alpha value is -0.0800. The number of unbranched alkanes of at least 4 members (excludes halogenated alkanes) is 1. The highest BCUT2D eigenvalue weighted by atomic mass is 16.3. The van der Waals surface area contributed by atoms with Gasteiger partial charge in [0.2, 0.25) is 0 Å². The Kier molecular flexibility index (Phi) is 7.29. The molecule has 0 aliphatic heterocycles. The summed E-state index contributed by atoms with van der Waals surface area (Å²) in [5, 5.41) is 9.13. The molecule has 0 spiro atoms. The average Bonchev–Trinajstić information content (AvgIpc) is 2.15. The largest absolute Gasteiger partial charge is 0.395 e. The zero-order chi connectivity index (χ0) is 10.3. The van der Waals surface area contributed by atoms with Crippen molar-refractivity contribution in [3.63, 3.8) is 0 Å². The maximum absolute atomic E-state index is 9.13. The van der Waals surface area contributed by atoms with Gasteiger partial charge in [0.05, 0.1) is 6.61 Å². The van der Waals surface area contributed by atoms with Crippen molar-refractivity contribution in [1.82, 2.24) is 4.90 Å². The van der Waals surface area contributed by atoms with E-state index in [-0.39, 0.29) is 6.61 Å². The standard InChI is InChI=1S/C11H25NO/c1-5-7-8-10(3)12(4)11(6-2)9-13/h10-11,13H,5-9H2,1-4H3. The molecule has 2 unspecified atom stereocenters. The fraction of sp³-hybridized carbons (Fsp3) is 1.00. The zero-order valence-electron chi connectivity index (χ0n) is 9.58. The summed E-state index contributed by atoms with van der Waals surface area (Å²) in [6.07, 6.45) is 4.81. The fourth-order valence-corrected chi connectivity index (χ4v) is 1.61. The number of rotatable bonds is 7. The summed E-state index contributed by atoms with van der Waals surface area (Å²) in [7, 11) is 2.12. The predicted octanol–water partition coefficient (Wildman–Crippen LogP) is 2.27. The van der Waals surface area contributed by atoms with E-state index in [0.717, 1.165) is 6.42 Å². The van der Waals surface area contributed by atoms with Crippen LogP contribution in [0.1, 0.15) is 46.5 Å². The van der Waals surface area contributed by atoms with E-state index in [9.17, 15) is 0 Å². The van der Waals surface area contributed by atoms with Crippen LogP contribution in [0.5, 0.6) is 0 Å². The molecule has 0 rings (SSSR count). The van der Waals surface area contributed by atoms with Crippen LogP contribution in [-0.2, 0) is 0 Å². The average molecular weight is 187 g/mol. The molecule has 0 aromatic carbocycles. The minimum atomic E-state index is 0.281. The highest BCUT2D eigenvalue weighted by Gasteiger charge is 2.16. The topological polar surface area (TPSA) is 23.5 Å². The molecule has 13 heavy (non-hydrogen) atoms. The molecule has 2 heteroatoms. The van der Waals surface area contributed by atoms with Crippen LogP contribution in [0.25, 0.3) is 0 Å². The van der Waals surface area contributed by atoms with E-state index < -0.39 is 0 Å². The zero-order valence-corrected chi connectivity index (χ0v) is 9.58. The normalized spacial score (nSPS) is 16.2.